The Morgan fingerprint density at radius 2 is 1.76 bits per heavy atom. The third kappa shape index (κ3) is 2.69. The van der Waals surface area contributed by atoms with Gasteiger partial charge >= 0.3 is 0 Å². The maximum absolute atomic E-state index is 6.25. The van der Waals surface area contributed by atoms with Crippen LogP contribution in [0.25, 0.3) is 10.9 Å². The molecule has 0 unspecified atom stereocenters. The molecule has 1 aromatic heterocycles. The summed E-state index contributed by atoms with van der Waals surface area (Å²) in [6, 6.07) is 15.6. The number of nitrogens with zero attached hydrogens (tertiary/aromatic N) is 1. The molecule has 3 aromatic rings. The number of halogens is 1. The molecule has 0 bridgehead atoms. The van der Waals surface area contributed by atoms with E-state index in [1.54, 1.807) is 7.11 Å². The highest BCUT2D eigenvalue weighted by Gasteiger charge is 2.09. The summed E-state index contributed by atoms with van der Waals surface area (Å²) in [5, 5.41) is 1.88. The van der Waals surface area contributed by atoms with E-state index in [9.17, 15) is 0 Å². The highest BCUT2D eigenvalue weighted by atomic mass is 35.5. The fraction of sp³-hybridized carbons (Fsp3) is 0.176. The first-order chi connectivity index (χ1) is 10.2. The molecule has 0 atom stereocenters. The van der Waals surface area contributed by atoms with Gasteiger partial charge in [-0.15, -0.1) is 0 Å². The van der Waals surface area contributed by atoms with Gasteiger partial charge in [-0.1, -0.05) is 23.7 Å². The van der Waals surface area contributed by atoms with Crippen molar-refractivity contribution in [3.8, 4) is 11.5 Å². The molecule has 108 valence electrons. The summed E-state index contributed by atoms with van der Waals surface area (Å²) in [7, 11) is 3.65. The molecular weight excluding hydrogens is 286 g/mol. The van der Waals surface area contributed by atoms with E-state index in [-0.39, 0.29) is 0 Å². The minimum atomic E-state index is 0.494. The van der Waals surface area contributed by atoms with Gasteiger partial charge in [0.15, 0.2) is 0 Å². The van der Waals surface area contributed by atoms with E-state index in [4.69, 9.17) is 21.1 Å². The molecule has 0 amide bonds. The Labute approximate surface area is 128 Å². The van der Waals surface area contributed by atoms with Crippen LogP contribution in [-0.4, -0.2) is 11.7 Å². The SMILES string of the molecule is COc1ccc(OCc2cc3cccc(Cl)c3n2C)cc1. The quantitative estimate of drug-likeness (QED) is 0.712. The van der Waals surface area contributed by atoms with Gasteiger partial charge in [-0.3, -0.25) is 0 Å². The van der Waals surface area contributed by atoms with Crippen LogP contribution in [-0.2, 0) is 13.7 Å². The number of para-hydroxylation sites is 1. The summed E-state index contributed by atoms with van der Waals surface area (Å²) >= 11 is 6.25. The van der Waals surface area contributed by atoms with Gasteiger partial charge in [-0.2, -0.15) is 0 Å². The molecule has 0 spiro atoms. The van der Waals surface area contributed by atoms with Crippen LogP contribution in [0.5, 0.6) is 11.5 Å². The summed E-state index contributed by atoms with van der Waals surface area (Å²) in [5.41, 5.74) is 2.11. The molecule has 21 heavy (non-hydrogen) atoms. The maximum Gasteiger partial charge on any atom is 0.128 e. The van der Waals surface area contributed by atoms with Crippen molar-refractivity contribution < 1.29 is 9.47 Å². The fourth-order valence-corrected chi connectivity index (χ4v) is 2.70. The molecule has 1 heterocycles. The van der Waals surface area contributed by atoms with Gasteiger partial charge < -0.3 is 14.0 Å². The predicted octanol–water partition coefficient (Wildman–Crippen LogP) is 4.42. The predicted molar refractivity (Wildman–Crippen MR) is 85.3 cm³/mol. The third-order valence-corrected chi connectivity index (χ3v) is 3.86. The zero-order valence-corrected chi connectivity index (χ0v) is 12.7. The Bertz CT molecular complexity index is 762. The average molecular weight is 302 g/mol. The lowest BCUT2D eigenvalue weighted by Crippen LogP contribution is -2.01. The van der Waals surface area contributed by atoms with E-state index in [0.717, 1.165) is 33.1 Å². The number of benzene rings is 2. The minimum Gasteiger partial charge on any atom is -0.497 e. The molecule has 2 aromatic carbocycles. The average Bonchev–Trinajstić information content (AvgIpc) is 2.83. The van der Waals surface area contributed by atoms with Crippen molar-refractivity contribution in [2.24, 2.45) is 7.05 Å². The van der Waals surface area contributed by atoms with Gasteiger partial charge in [-0.25, -0.2) is 0 Å². The summed E-state index contributed by atoms with van der Waals surface area (Å²) in [5.74, 6) is 1.63. The Morgan fingerprint density at radius 1 is 1.05 bits per heavy atom. The molecule has 0 saturated heterocycles. The van der Waals surface area contributed by atoms with Crippen molar-refractivity contribution in [2.75, 3.05) is 7.11 Å². The molecule has 0 radical (unpaired) electrons. The standard InChI is InChI=1S/C17H16ClNO2/c1-19-13(10-12-4-3-5-16(18)17(12)19)11-21-15-8-6-14(20-2)7-9-15/h3-10H,11H2,1-2H3. The highest BCUT2D eigenvalue weighted by Crippen LogP contribution is 2.27. The van der Waals surface area contributed by atoms with Crippen LogP contribution in [0.1, 0.15) is 5.69 Å². The summed E-state index contributed by atoms with van der Waals surface area (Å²) < 4.78 is 13.0. The van der Waals surface area contributed by atoms with Crippen LogP contribution in [0.15, 0.2) is 48.5 Å². The largest absolute Gasteiger partial charge is 0.497 e. The third-order valence-electron chi connectivity index (χ3n) is 3.55. The highest BCUT2D eigenvalue weighted by molar-refractivity contribution is 6.35. The number of methoxy groups -OCH3 is 1. The van der Waals surface area contributed by atoms with Gasteiger partial charge in [0.05, 0.1) is 23.3 Å². The van der Waals surface area contributed by atoms with E-state index in [1.165, 1.54) is 0 Å². The Morgan fingerprint density at radius 3 is 2.43 bits per heavy atom. The van der Waals surface area contributed by atoms with Crippen LogP contribution in [0, 0.1) is 0 Å². The minimum absolute atomic E-state index is 0.494. The number of hydrogen-bond acceptors (Lipinski definition) is 2. The van der Waals surface area contributed by atoms with Crippen LogP contribution < -0.4 is 9.47 Å². The Hall–Kier alpha value is -2.13. The van der Waals surface area contributed by atoms with E-state index < -0.39 is 0 Å². The van der Waals surface area contributed by atoms with Crippen molar-refractivity contribution >= 4 is 22.5 Å². The molecule has 0 fully saturated rings. The van der Waals surface area contributed by atoms with E-state index in [0.29, 0.717) is 6.61 Å². The number of ether oxygens (including phenoxy) is 2. The van der Waals surface area contributed by atoms with E-state index in [1.807, 2.05) is 43.4 Å². The molecule has 0 aliphatic rings. The zero-order chi connectivity index (χ0) is 14.8. The molecule has 4 heteroatoms. The van der Waals surface area contributed by atoms with Crippen molar-refractivity contribution in [2.45, 2.75) is 6.61 Å². The molecule has 0 N–H and O–H groups in total. The van der Waals surface area contributed by atoms with Crippen molar-refractivity contribution in [1.29, 1.82) is 0 Å². The summed E-state index contributed by atoms with van der Waals surface area (Å²) in [4.78, 5) is 0. The van der Waals surface area contributed by atoms with Gasteiger partial charge in [0, 0.05) is 12.4 Å². The lowest BCUT2D eigenvalue weighted by molar-refractivity contribution is 0.297. The molecule has 0 aliphatic heterocycles. The maximum atomic E-state index is 6.25. The number of rotatable bonds is 4. The lowest BCUT2D eigenvalue weighted by Gasteiger charge is -2.08. The lowest BCUT2D eigenvalue weighted by atomic mass is 10.2. The summed E-state index contributed by atoms with van der Waals surface area (Å²) in [6.45, 7) is 0.494. The second-order valence-corrected chi connectivity index (χ2v) is 5.24. The summed E-state index contributed by atoms with van der Waals surface area (Å²) in [6.07, 6.45) is 0. The first-order valence-corrected chi connectivity index (χ1v) is 7.06. The number of aromatic nitrogens is 1. The molecule has 0 aliphatic carbocycles. The van der Waals surface area contributed by atoms with Gasteiger partial charge in [0.25, 0.3) is 0 Å². The second-order valence-electron chi connectivity index (χ2n) is 4.84. The van der Waals surface area contributed by atoms with Crippen molar-refractivity contribution in [1.82, 2.24) is 4.57 Å². The Kier molecular flexibility index (Phi) is 3.76. The monoisotopic (exact) mass is 301 g/mol. The van der Waals surface area contributed by atoms with E-state index >= 15 is 0 Å². The van der Waals surface area contributed by atoms with Gasteiger partial charge in [-0.05, 0) is 36.4 Å². The van der Waals surface area contributed by atoms with Crippen LogP contribution in [0.3, 0.4) is 0 Å². The van der Waals surface area contributed by atoms with Crippen LogP contribution >= 0.6 is 11.6 Å². The molecule has 3 nitrogen and oxygen atoms in total. The fourth-order valence-electron chi connectivity index (χ4n) is 2.39. The molecule has 0 saturated carbocycles. The first kappa shape index (κ1) is 13.8. The normalized spacial score (nSPS) is 10.8. The topological polar surface area (TPSA) is 23.4 Å². The van der Waals surface area contributed by atoms with Crippen molar-refractivity contribution in [3.63, 3.8) is 0 Å². The van der Waals surface area contributed by atoms with Crippen molar-refractivity contribution in [3.05, 3.63) is 59.2 Å². The van der Waals surface area contributed by atoms with E-state index in [2.05, 4.69) is 16.7 Å². The number of aryl methyl sites for hydroxylation is 1. The number of fused-ring (bicyclic) bond motifs is 1. The smallest absolute Gasteiger partial charge is 0.128 e. The van der Waals surface area contributed by atoms with Gasteiger partial charge in [0.2, 0.25) is 0 Å². The first-order valence-electron chi connectivity index (χ1n) is 6.68. The Balaban J connectivity index is 1.81. The number of hydrogen-bond donors (Lipinski definition) is 0. The van der Waals surface area contributed by atoms with Gasteiger partial charge in [0.1, 0.15) is 18.1 Å². The molecule has 3 rings (SSSR count). The van der Waals surface area contributed by atoms with Crippen LogP contribution in [0.4, 0.5) is 0 Å². The van der Waals surface area contributed by atoms with Crippen LogP contribution in [0.2, 0.25) is 5.02 Å². The molecular formula is C17H16ClNO2. The second kappa shape index (κ2) is 5.70. The zero-order valence-electron chi connectivity index (χ0n) is 12.0.